The fraction of sp³-hybridized carbons (Fsp3) is 0.824. The lowest BCUT2D eigenvalue weighted by atomic mass is 9.82. The van der Waals surface area contributed by atoms with Gasteiger partial charge in [0.1, 0.15) is 0 Å². The van der Waals surface area contributed by atoms with Crippen LogP contribution in [0.5, 0.6) is 0 Å². The minimum Gasteiger partial charge on any atom is -0.375 e. The van der Waals surface area contributed by atoms with Crippen molar-refractivity contribution in [2.45, 2.75) is 70.6 Å². The lowest BCUT2D eigenvalue weighted by Gasteiger charge is -2.29. The number of nitrogens with zero attached hydrogens (tertiary/aromatic N) is 2. The first-order valence-electron chi connectivity index (χ1n) is 8.61. The second-order valence-electron chi connectivity index (χ2n) is 6.64. The molecule has 21 heavy (non-hydrogen) atoms. The summed E-state index contributed by atoms with van der Waals surface area (Å²) in [7, 11) is 2.07. The summed E-state index contributed by atoms with van der Waals surface area (Å²) < 4.78 is 8.14. The van der Waals surface area contributed by atoms with Gasteiger partial charge in [-0.3, -0.25) is 4.68 Å². The SMILES string of the molecule is CCCNC(Cc1cc(CC)nn1C)C1CC2CCC1O2. The molecule has 0 spiro atoms. The quantitative estimate of drug-likeness (QED) is 0.839. The zero-order chi connectivity index (χ0) is 14.8. The molecule has 0 radical (unpaired) electrons. The van der Waals surface area contributed by atoms with Crippen LogP contribution in [0.25, 0.3) is 0 Å². The number of rotatable bonds is 7. The van der Waals surface area contributed by atoms with Crippen LogP contribution in [-0.4, -0.2) is 34.6 Å². The number of hydrogen-bond acceptors (Lipinski definition) is 3. The molecule has 4 atom stereocenters. The molecule has 3 rings (SSSR count). The van der Waals surface area contributed by atoms with Crippen molar-refractivity contribution in [3.63, 3.8) is 0 Å². The van der Waals surface area contributed by atoms with Crippen molar-refractivity contribution >= 4 is 0 Å². The van der Waals surface area contributed by atoms with Crippen molar-refractivity contribution in [2.24, 2.45) is 13.0 Å². The molecule has 118 valence electrons. The molecule has 4 unspecified atom stereocenters. The third-order valence-corrected chi connectivity index (χ3v) is 5.14. The van der Waals surface area contributed by atoms with Gasteiger partial charge < -0.3 is 10.1 Å². The van der Waals surface area contributed by atoms with E-state index < -0.39 is 0 Å². The second-order valence-corrected chi connectivity index (χ2v) is 6.64. The molecule has 2 aliphatic heterocycles. The van der Waals surface area contributed by atoms with E-state index in [0.717, 1.165) is 19.4 Å². The molecule has 0 amide bonds. The highest BCUT2D eigenvalue weighted by atomic mass is 16.5. The Kier molecular flexibility index (Phi) is 4.65. The van der Waals surface area contributed by atoms with Gasteiger partial charge in [0, 0.05) is 31.1 Å². The number of aromatic nitrogens is 2. The second kappa shape index (κ2) is 6.49. The highest BCUT2D eigenvalue weighted by Gasteiger charge is 2.44. The van der Waals surface area contributed by atoms with Gasteiger partial charge in [0.05, 0.1) is 17.9 Å². The minimum absolute atomic E-state index is 0.489. The van der Waals surface area contributed by atoms with Crippen LogP contribution in [0, 0.1) is 5.92 Å². The standard InChI is InChI=1S/C17H29N3O/c1-4-8-18-16(15-11-14-6-7-17(15)21-14)10-13-9-12(5-2)19-20(13)3/h9,14-18H,4-8,10-11H2,1-3H3. The van der Waals surface area contributed by atoms with Crippen molar-refractivity contribution in [2.75, 3.05) is 6.54 Å². The first kappa shape index (κ1) is 15.0. The molecule has 2 bridgehead atoms. The molecule has 2 saturated heterocycles. The van der Waals surface area contributed by atoms with Crippen molar-refractivity contribution < 1.29 is 4.74 Å². The Morgan fingerprint density at radius 1 is 1.43 bits per heavy atom. The Balaban J connectivity index is 1.71. The number of ether oxygens (including phenoxy) is 1. The van der Waals surface area contributed by atoms with Gasteiger partial charge in [-0.05, 0) is 44.7 Å². The zero-order valence-electron chi connectivity index (χ0n) is 13.6. The molecule has 0 saturated carbocycles. The van der Waals surface area contributed by atoms with Gasteiger partial charge in [-0.1, -0.05) is 13.8 Å². The third kappa shape index (κ3) is 3.16. The fourth-order valence-corrected chi connectivity index (χ4v) is 3.97. The van der Waals surface area contributed by atoms with Gasteiger partial charge in [-0.25, -0.2) is 0 Å². The normalized spacial score (nSPS) is 29.2. The Bertz CT molecular complexity index is 471. The number of nitrogens with one attached hydrogen (secondary N) is 1. The summed E-state index contributed by atoms with van der Waals surface area (Å²) in [4.78, 5) is 0. The van der Waals surface area contributed by atoms with Crippen molar-refractivity contribution in [3.8, 4) is 0 Å². The van der Waals surface area contributed by atoms with Crippen LogP contribution in [0.3, 0.4) is 0 Å². The molecule has 1 N–H and O–H groups in total. The number of hydrogen-bond donors (Lipinski definition) is 1. The van der Waals surface area contributed by atoms with Crippen molar-refractivity contribution in [1.29, 1.82) is 0 Å². The maximum absolute atomic E-state index is 6.08. The molecule has 2 fully saturated rings. The van der Waals surface area contributed by atoms with E-state index >= 15 is 0 Å². The van der Waals surface area contributed by atoms with E-state index in [1.807, 2.05) is 0 Å². The van der Waals surface area contributed by atoms with Crippen LogP contribution in [0.2, 0.25) is 0 Å². The average molecular weight is 291 g/mol. The maximum atomic E-state index is 6.08. The van der Waals surface area contributed by atoms with Gasteiger partial charge in [0.2, 0.25) is 0 Å². The van der Waals surface area contributed by atoms with E-state index in [9.17, 15) is 0 Å². The van der Waals surface area contributed by atoms with Gasteiger partial charge in [0.25, 0.3) is 0 Å². The monoisotopic (exact) mass is 291 g/mol. The molecule has 4 nitrogen and oxygen atoms in total. The van der Waals surface area contributed by atoms with Crippen LogP contribution in [0.1, 0.15) is 50.9 Å². The zero-order valence-corrected chi connectivity index (χ0v) is 13.6. The molecular weight excluding hydrogens is 262 g/mol. The largest absolute Gasteiger partial charge is 0.375 e. The van der Waals surface area contributed by atoms with E-state index in [1.54, 1.807) is 0 Å². The first-order chi connectivity index (χ1) is 10.2. The average Bonchev–Trinajstić information content (AvgIpc) is 3.19. The van der Waals surface area contributed by atoms with Crippen LogP contribution < -0.4 is 5.32 Å². The fourth-order valence-electron chi connectivity index (χ4n) is 3.97. The predicted molar refractivity (Wildman–Crippen MR) is 84.4 cm³/mol. The first-order valence-corrected chi connectivity index (χ1v) is 8.61. The van der Waals surface area contributed by atoms with E-state index in [0.29, 0.717) is 24.2 Å². The Morgan fingerprint density at radius 3 is 2.86 bits per heavy atom. The molecule has 3 heterocycles. The molecule has 1 aromatic heterocycles. The lowest BCUT2D eigenvalue weighted by molar-refractivity contribution is 0.0855. The van der Waals surface area contributed by atoms with E-state index in [1.165, 1.54) is 37.1 Å². The third-order valence-electron chi connectivity index (χ3n) is 5.14. The smallest absolute Gasteiger partial charge is 0.0624 e. The molecule has 2 aliphatic rings. The van der Waals surface area contributed by atoms with Crippen LogP contribution in [0.4, 0.5) is 0 Å². The maximum Gasteiger partial charge on any atom is 0.0624 e. The van der Waals surface area contributed by atoms with Crippen LogP contribution >= 0.6 is 0 Å². The van der Waals surface area contributed by atoms with Gasteiger partial charge in [-0.2, -0.15) is 5.10 Å². The van der Waals surface area contributed by atoms with Gasteiger partial charge in [0.15, 0.2) is 0 Å². The summed E-state index contributed by atoms with van der Waals surface area (Å²) in [6.07, 6.45) is 8.05. The lowest BCUT2D eigenvalue weighted by Crippen LogP contribution is -2.43. The van der Waals surface area contributed by atoms with Gasteiger partial charge >= 0.3 is 0 Å². The van der Waals surface area contributed by atoms with Crippen LogP contribution in [0.15, 0.2) is 6.07 Å². The van der Waals surface area contributed by atoms with Crippen molar-refractivity contribution in [1.82, 2.24) is 15.1 Å². The Labute approximate surface area is 128 Å². The minimum atomic E-state index is 0.489. The summed E-state index contributed by atoms with van der Waals surface area (Å²) in [5.74, 6) is 0.676. The summed E-state index contributed by atoms with van der Waals surface area (Å²) in [6, 6.07) is 2.80. The van der Waals surface area contributed by atoms with Crippen LogP contribution in [-0.2, 0) is 24.6 Å². The number of fused-ring (bicyclic) bond motifs is 2. The topological polar surface area (TPSA) is 39.1 Å². The summed E-state index contributed by atoms with van der Waals surface area (Å²) in [6.45, 7) is 5.50. The Morgan fingerprint density at radius 2 is 2.29 bits per heavy atom. The van der Waals surface area contributed by atoms with E-state index in [4.69, 9.17) is 4.74 Å². The van der Waals surface area contributed by atoms with Crippen molar-refractivity contribution in [3.05, 3.63) is 17.5 Å². The molecule has 0 aliphatic carbocycles. The Hall–Kier alpha value is -0.870. The summed E-state index contributed by atoms with van der Waals surface area (Å²) in [5.41, 5.74) is 2.55. The highest BCUT2D eigenvalue weighted by Crippen LogP contribution is 2.41. The van der Waals surface area contributed by atoms with Gasteiger partial charge in [-0.15, -0.1) is 0 Å². The summed E-state index contributed by atoms with van der Waals surface area (Å²) >= 11 is 0. The highest BCUT2D eigenvalue weighted by molar-refractivity contribution is 5.13. The number of aryl methyl sites for hydroxylation is 2. The summed E-state index contributed by atoms with van der Waals surface area (Å²) in [5, 5.41) is 8.37. The molecule has 1 aromatic rings. The molecular formula is C17H29N3O. The van der Waals surface area contributed by atoms with E-state index in [-0.39, 0.29) is 0 Å². The van der Waals surface area contributed by atoms with E-state index in [2.05, 4.69) is 42.1 Å². The predicted octanol–water partition coefficient (Wildman–Crippen LogP) is 2.46. The molecule has 4 heteroatoms. The molecule has 0 aromatic carbocycles.